The van der Waals surface area contributed by atoms with Crippen LogP contribution in [-0.2, 0) is 4.79 Å². The van der Waals surface area contributed by atoms with Gasteiger partial charge in [0, 0.05) is 12.1 Å². The zero-order chi connectivity index (χ0) is 21.2. The minimum Gasteiger partial charge on any atom is -0.497 e. The van der Waals surface area contributed by atoms with E-state index in [0.29, 0.717) is 16.7 Å². The number of rotatable bonds is 10. The van der Waals surface area contributed by atoms with E-state index in [0.717, 1.165) is 30.6 Å². The summed E-state index contributed by atoms with van der Waals surface area (Å²) in [4.78, 5) is 24.9. The zero-order valence-corrected chi connectivity index (χ0v) is 18.1. The van der Waals surface area contributed by atoms with Gasteiger partial charge in [0.2, 0.25) is 11.0 Å². The van der Waals surface area contributed by atoms with Gasteiger partial charge in [0.15, 0.2) is 0 Å². The Balaban J connectivity index is 2.02. The van der Waals surface area contributed by atoms with Crippen molar-refractivity contribution in [1.29, 1.82) is 0 Å². The van der Waals surface area contributed by atoms with E-state index in [9.17, 15) is 9.59 Å². The van der Waals surface area contributed by atoms with E-state index in [1.807, 2.05) is 38.1 Å². The van der Waals surface area contributed by atoms with Crippen LogP contribution >= 0.6 is 11.3 Å². The first-order valence-corrected chi connectivity index (χ1v) is 10.6. The lowest BCUT2D eigenvalue weighted by molar-refractivity contribution is -0.119. The number of nitrogens with zero attached hydrogens (tertiary/aromatic N) is 2. The van der Waals surface area contributed by atoms with Crippen molar-refractivity contribution >= 4 is 28.4 Å². The number of nitrogens with one attached hydrogen (secondary N) is 3. The summed E-state index contributed by atoms with van der Waals surface area (Å²) in [6.07, 6.45) is 2.64. The van der Waals surface area contributed by atoms with Crippen LogP contribution < -0.4 is 20.7 Å². The first-order chi connectivity index (χ1) is 14.0. The van der Waals surface area contributed by atoms with Crippen LogP contribution in [0, 0.1) is 5.92 Å². The number of anilines is 1. The van der Waals surface area contributed by atoms with E-state index in [4.69, 9.17) is 4.74 Å². The molecule has 2 unspecified atom stereocenters. The SMILES string of the molecule is CCCCNC(=O)NC(C(=O)Nc1nnc(-c2ccc(OC)cc2)s1)C(C)CC. The van der Waals surface area contributed by atoms with Gasteiger partial charge in [-0.25, -0.2) is 4.79 Å². The number of urea groups is 1. The van der Waals surface area contributed by atoms with Gasteiger partial charge in [-0.15, -0.1) is 10.2 Å². The third-order valence-corrected chi connectivity index (χ3v) is 5.48. The average molecular weight is 420 g/mol. The molecule has 8 nitrogen and oxygen atoms in total. The molecular weight excluding hydrogens is 390 g/mol. The molecule has 0 bridgehead atoms. The monoisotopic (exact) mass is 419 g/mol. The summed E-state index contributed by atoms with van der Waals surface area (Å²) in [6, 6.07) is 6.46. The Morgan fingerprint density at radius 1 is 1.17 bits per heavy atom. The van der Waals surface area contributed by atoms with Gasteiger partial charge in [-0.2, -0.15) is 0 Å². The lowest BCUT2D eigenvalue weighted by atomic mass is 9.98. The summed E-state index contributed by atoms with van der Waals surface area (Å²) in [5.74, 6) is 0.426. The van der Waals surface area contributed by atoms with Crippen LogP contribution in [0.3, 0.4) is 0 Å². The molecule has 2 aromatic rings. The van der Waals surface area contributed by atoms with Crippen molar-refractivity contribution in [2.75, 3.05) is 19.0 Å². The van der Waals surface area contributed by atoms with Crippen LogP contribution in [0.1, 0.15) is 40.0 Å². The molecule has 0 aliphatic rings. The van der Waals surface area contributed by atoms with E-state index < -0.39 is 6.04 Å². The van der Waals surface area contributed by atoms with Gasteiger partial charge < -0.3 is 15.4 Å². The van der Waals surface area contributed by atoms with E-state index in [2.05, 4.69) is 33.1 Å². The van der Waals surface area contributed by atoms with Crippen LogP contribution in [0.25, 0.3) is 10.6 Å². The van der Waals surface area contributed by atoms with E-state index >= 15 is 0 Å². The molecule has 0 fully saturated rings. The van der Waals surface area contributed by atoms with Crippen molar-refractivity contribution in [1.82, 2.24) is 20.8 Å². The molecule has 1 aromatic heterocycles. The number of hydrogen-bond acceptors (Lipinski definition) is 6. The Morgan fingerprint density at radius 2 is 1.90 bits per heavy atom. The molecule has 0 aliphatic heterocycles. The minimum absolute atomic E-state index is 0.0269. The van der Waals surface area contributed by atoms with Crippen molar-refractivity contribution in [3.8, 4) is 16.3 Å². The fraction of sp³-hybridized carbons (Fsp3) is 0.500. The number of methoxy groups -OCH3 is 1. The molecule has 0 spiro atoms. The molecule has 0 saturated carbocycles. The summed E-state index contributed by atoms with van der Waals surface area (Å²) in [5, 5.41) is 17.6. The average Bonchev–Trinajstić information content (AvgIpc) is 3.20. The first kappa shape index (κ1) is 22.6. The Kier molecular flexibility index (Phi) is 8.85. The molecule has 0 saturated heterocycles. The maximum atomic E-state index is 12.8. The highest BCUT2D eigenvalue weighted by Gasteiger charge is 2.26. The van der Waals surface area contributed by atoms with Crippen molar-refractivity contribution < 1.29 is 14.3 Å². The highest BCUT2D eigenvalue weighted by molar-refractivity contribution is 7.18. The van der Waals surface area contributed by atoms with Gasteiger partial charge in [0.1, 0.15) is 16.8 Å². The molecule has 2 rings (SSSR count). The number of benzene rings is 1. The fourth-order valence-electron chi connectivity index (χ4n) is 2.58. The standard InChI is InChI=1S/C20H29N5O3S/c1-5-7-12-21-19(27)22-16(13(3)6-2)17(26)23-20-25-24-18(29-20)14-8-10-15(28-4)11-9-14/h8-11,13,16H,5-7,12H2,1-4H3,(H2,21,22,27)(H,23,25,26). The molecule has 158 valence electrons. The summed E-state index contributed by atoms with van der Waals surface area (Å²) in [5.41, 5.74) is 0.885. The second-order valence-corrected chi connectivity index (χ2v) is 7.72. The number of carbonyl (C=O) groups is 2. The van der Waals surface area contributed by atoms with E-state index in [1.165, 1.54) is 11.3 Å². The topological polar surface area (TPSA) is 105 Å². The quantitative estimate of drug-likeness (QED) is 0.510. The predicted octanol–water partition coefficient (Wildman–Crippen LogP) is 3.67. The van der Waals surface area contributed by atoms with Crippen LogP contribution in [-0.4, -0.2) is 41.8 Å². The summed E-state index contributed by atoms with van der Waals surface area (Å²) >= 11 is 1.28. The van der Waals surface area contributed by atoms with Crippen molar-refractivity contribution in [2.45, 2.75) is 46.1 Å². The van der Waals surface area contributed by atoms with Crippen molar-refractivity contribution in [3.05, 3.63) is 24.3 Å². The second kappa shape index (κ2) is 11.4. The zero-order valence-electron chi connectivity index (χ0n) is 17.3. The van der Waals surface area contributed by atoms with Crippen molar-refractivity contribution in [3.63, 3.8) is 0 Å². The van der Waals surface area contributed by atoms with Crippen molar-refractivity contribution in [2.24, 2.45) is 5.92 Å². The maximum Gasteiger partial charge on any atom is 0.315 e. The maximum absolute atomic E-state index is 12.8. The number of ether oxygens (including phenoxy) is 1. The number of unbranched alkanes of at least 4 members (excludes halogenated alkanes) is 1. The lowest BCUT2D eigenvalue weighted by Crippen LogP contribution is -2.51. The first-order valence-electron chi connectivity index (χ1n) is 9.81. The highest BCUT2D eigenvalue weighted by Crippen LogP contribution is 2.28. The Hall–Kier alpha value is -2.68. The van der Waals surface area contributed by atoms with Gasteiger partial charge in [-0.05, 0) is 36.6 Å². The van der Waals surface area contributed by atoms with Gasteiger partial charge in [-0.1, -0.05) is 44.9 Å². The predicted molar refractivity (Wildman–Crippen MR) is 115 cm³/mol. The lowest BCUT2D eigenvalue weighted by Gasteiger charge is -2.23. The minimum atomic E-state index is -0.657. The summed E-state index contributed by atoms with van der Waals surface area (Å²) in [6.45, 7) is 6.55. The Morgan fingerprint density at radius 3 is 2.52 bits per heavy atom. The van der Waals surface area contributed by atoms with Gasteiger partial charge >= 0.3 is 6.03 Å². The number of aromatic nitrogens is 2. The number of amides is 3. The molecule has 2 atom stereocenters. The largest absolute Gasteiger partial charge is 0.497 e. The van der Waals surface area contributed by atoms with Crippen LogP contribution in [0.2, 0.25) is 0 Å². The number of hydrogen-bond donors (Lipinski definition) is 3. The van der Waals surface area contributed by atoms with Gasteiger partial charge in [0.25, 0.3) is 0 Å². The molecular formula is C20H29N5O3S. The molecule has 9 heteroatoms. The molecule has 0 radical (unpaired) electrons. The third kappa shape index (κ3) is 6.70. The van der Waals surface area contributed by atoms with E-state index in [-0.39, 0.29) is 17.9 Å². The number of carbonyl (C=O) groups excluding carboxylic acids is 2. The molecule has 3 amide bonds. The highest BCUT2D eigenvalue weighted by atomic mass is 32.1. The van der Waals surface area contributed by atoms with Crippen LogP contribution in [0.15, 0.2) is 24.3 Å². The van der Waals surface area contributed by atoms with Crippen LogP contribution in [0.4, 0.5) is 9.93 Å². The molecule has 1 heterocycles. The fourth-order valence-corrected chi connectivity index (χ4v) is 3.33. The third-order valence-electron chi connectivity index (χ3n) is 4.59. The molecule has 3 N–H and O–H groups in total. The van der Waals surface area contributed by atoms with Gasteiger partial charge in [0.05, 0.1) is 7.11 Å². The van der Waals surface area contributed by atoms with Crippen LogP contribution in [0.5, 0.6) is 5.75 Å². The normalized spacial score (nSPS) is 12.7. The Bertz CT molecular complexity index is 794. The molecule has 0 aliphatic carbocycles. The van der Waals surface area contributed by atoms with Gasteiger partial charge in [-0.3, -0.25) is 10.1 Å². The second-order valence-electron chi connectivity index (χ2n) is 6.75. The summed E-state index contributed by atoms with van der Waals surface area (Å²) in [7, 11) is 1.61. The smallest absolute Gasteiger partial charge is 0.315 e. The summed E-state index contributed by atoms with van der Waals surface area (Å²) < 4.78 is 5.16. The molecule has 29 heavy (non-hydrogen) atoms. The Labute approximate surface area is 175 Å². The molecule has 1 aromatic carbocycles. The van der Waals surface area contributed by atoms with E-state index in [1.54, 1.807) is 7.11 Å².